The Hall–Kier alpha value is -1.80. The predicted octanol–water partition coefficient (Wildman–Crippen LogP) is -0.212. The highest BCUT2D eigenvalue weighted by atomic mass is 32.2. The van der Waals surface area contributed by atoms with E-state index in [4.69, 9.17) is 10.5 Å². The Morgan fingerprint density at radius 1 is 1.35 bits per heavy atom. The number of methoxy groups -OCH3 is 1. The molecule has 1 aromatic rings. The number of ether oxygens (including phenoxy) is 1. The van der Waals surface area contributed by atoms with Gasteiger partial charge >= 0.3 is 0 Å². The van der Waals surface area contributed by atoms with Crippen molar-refractivity contribution < 1.29 is 17.9 Å². The number of rotatable bonds is 3. The van der Waals surface area contributed by atoms with Crippen molar-refractivity contribution in [2.45, 2.75) is 11.3 Å². The first-order valence-corrected chi connectivity index (χ1v) is 7.59. The molecule has 8 heteroatoms. The highest BCUT2D eigenvalue weighted by Gasteiger charge is 2.27. The van der Waals surface area contributed by atoms with Crippen LogP contribution in [0.1, 0.15) is 6.42 Å². The number of anilines is 1. The van der Waals surface area contributed by atoms with Gasteiger partial charge in [-0.05, 0) is 12.1 Å². The number of hydrogen-bond acceptors (Lipinski definition) is 5. The van der Waals surface area contributed by atoms with Crippen LogP contribution in [0.3, 0.4) is 0 Å². The minimum absolute atomic E-state index is 0.109. The molecular weight excluding hydrogens is 282 g/mol. The number of hydrogen-bond donors (Lipinski definition) is 2. The number of benzene rings is 1. The van der Waals surface area contributed by atoms with E-state index in [0.717, 1.165) is 0 Å². The largest absolute Gasteiger partial charge is 0.495 e. The van der Waals surface area contributed by atoms with Crippen LogP contribution in [0.4, 0.5) is 5.69 Å². The Balaban J connectivity index is 2.32. The minimum atomic E-state index is -3.65. The molecule has 1 heterocycles. The molecular formula is C12H17N3O4S. The van der Waals surface area contributed by atoms with Crippen LogP contribution in [0.15, 0.2) is 23.1 Å². The number of sulfonamides is 1. The van der Waals surface area contributed by atoms with Gasteiger partial charge in [-0.2, -0.15) is 4.31 Å². The second-order valence-electron chi connectivity index (χ2n) is 4.41. The first kappa shape index (κ1) is 14.6. The van der Waals surface area contributed by atoms with E-state index in [1.54, 1.807) is 0 Å². The summed E-state index contributed by atoms with van der Waals surface area (Å²) in [7, 11) is -2.23. The quantitative estimate of drug-likeness (QED) is 0.752. The first-order chi connectivity index (χ1) is 9.45. The Morgan fingerprint density at radius 2 is 2.10 bits per heavy atom. The third-order valence-electron chi connectivity index (χ3n) is 3.11. The van der Waals surface area contributed by atoms with Crippen LogP contribution in [0, 0.1) is 0 Å². The summed E-state index contributed by atoms with van der Waals surface area (Å²) in [6.45, 7) is 0.728. The summed E-state index contributed by atoms with van der Waals surface area (Å²) in [5.74, 6) is 0.174. The van der Waals surface area contributed by atoms with E-state index >= 15 is 0 Å². The number of nitrogen functional groups attached to an aromatic ring is 1. The summed E-state index contributed by atoms with van der Waals surface area (Å²) in [5.41, 5.74) is 6.05. The fourth-order valence-corrected chi connectivity index (χ4v) is 3.45. The summed E-state index contributed by atoms with van der Waals surface area (Å²) in [4.78, 5) is 11.4. The Kier molecular flexibility index (Phi) is 4.15. The zero-order chi connectivity index (χ0) is 14.8. The van der Waals surface area contributed by atoms with Gasteiger partial charge in [0.15, 0.2) is 0 Å². The van der Waals surface area contributed by atoms with Gasteiger partial charge in [-0.3, -0.25) is 4.79 Å². The van der Waals surface area contributed by atoms with Crippen molar-refractivity contribution in [1.29, 1.82) is 0 Å². The number of nitrogens with zero attached hydrogens (tertiary/aromatic N) is 1. The summed E-state index contributed by atoms with van der Waals surface area (Å²) in [6.07, 6.45) is 0.158. The van der Waals surface area contributed by atoms with Gasteiger partial charge in [0.25, 0.3) is 0 Å². The number of amides is 1. The van der Waals surface area contributed by atoms with E-state index in [-0.39, 0.29) is 30.3 Å². The van der Waals surface area contributed by atoms with Crippen molar-refractivity contribution in [1.82, 2.24) is 9.62 Å². The molecule has 1 amide bonds. The maximum Gasteiger partial charge on any atom is 0.243 e. The van der Waals surface area contributed by atoms with Crippen LogP contribution in [0.2, 0.25) is 0 Å². The van der Waals surface area contributed by atoms with Crippen molar-refractivity contribution in [2.75, 3.05) is 32.5 Å². The molecule has 110 valence electrons. The summed E-state index contributed by atoms with van der Waals surface area (Å²) in [5, 5.41) is 2.64. The summed E-state index contributed by atoms with van der Waals surface area (Å²) in [6, 6.07) is 4.32. The molecule has 3 N–H and O–H groups in total. The van der Waals surface area contributed by atoms with Crippen molar-refractivity contribution in [3.05, 3.63) is 18.2 Å². The van der Waals surface area contributed by atoms with Crippen molar-refractivity contribution in [3.63, 3.8) is 0 Å². The van der Waals surface area contributed by atoms with Gasteiger partial charge in [0, 0.05) is 32.1 Å². The highest BCUT2D eigenvalue weighted by molar-refractivity contribution is 7.89. The lowest BCUT2D eigenvalue weighted by Gasteiger charge is -2.19. The second kappa shape index (κ2) is 5.68. The van der Waals surface area contributed by atoms with Gasteiger partial charge < -0.3 is 15.8 Å². The molecule has 0 spiro atoms. The molecule has 1 fully saturated rings. The van der Waals surface area contributed by atoms with Gasteiger partial charge in [-0.15, -0.1) is 0 Å². The molecule has 1 saturated heterocycles. The number of nitrogens with two attached hydrogens (primary N) is 1. The van der Waals surface area contributed by atoms with E-state index in [2.05, 4.69) is 5.32 Å². The van der Waals surface area contributed by atoms with Crippen LogP contribution in [0.5, 0.6) is 5.75 Å². The number of nitrogens with one attached hydrogen (secondary N) is 1. The topological polar surface area (TPSA) is 102 Å². The van der Waals surface area contributed by atoms with Gasteiger partial charge in [0.1, 0.15) is 5.75 Å². The average molecular weight is 299 g/mol. The molecule has 20 heavy (non-hydrogen) atoms. The Labute approximate surface area is 117 Å². The van der Waals surface area contributed by atoms with Crippen LogP contribution in [-0.2, 0) is 14.8 Å². The fourth-order valence-electron chi connectivity index (χ4n) is 1.99. The maximum atomic E-state index is 12.5. The maximum absolute atomic E-state index is 12.5. The molecule has 0 aromatic heterocycles. The van der Waals surface area contributed by atoms with E-state index < -0.39 is 10.0 Å². The van der Waals surface area contributed by atoms with E-state index in [0.29, 0.717) is 18.0 Å². The number of carbonyl (C=O) groups is 1. The normalized spacial score (nSPS) is 17.4. The molecule has 1 aliphatic heterocycles. The van der Waals surface area contributed by atoms with Crippen molar-refractivity contribution in [3.8, 4) is 5.75 Å². The molecule has 0 saturated carbocycles. The minimum Gasteiger partial charge on any atom is -0.495 e. The SMILES string of the molecule is COc1cc(S(=O)(=O)N2CCNC(=O)CC2)ccc1N. The Bertz CT molecular complexity index is 615. The molecule has 1 aromatic carbocycles. The fraction of sp³-hybridized carbons (Fsp3) is 0.417. The van der Waals surface area contributed by atoms with E-state index in [1.807, 2.05) is 0 Å². The zero-order valence-electron chi connectivity index (χ0n) is 11.1. The smallest absolute Gasteiger partial charge is 0.243 e. The number of carbonyl (C=O) groups excluding carboxylic acids is 1. The zero-order valence-corrected chi connectivity index (χ0v) is 11.9. The van der Waals surface area contributed by atoms with Gasteiger partial charge in [0.2, 0.25) is 15.9 Å². The van der Waals surface area contributed by atoms with Crippen LogP contribution in [-0.4, -0.2) is 45.4 Å². The first-order valence-electron chi connectivity index (χ1n) is 6.15. The summed E-state index contributed by atoms with van der Waals surface area (Å²) < 4.78 is 31.4. The third-order valence-corrected chi connectivity index (χ3v) is 5.01. The third kappa shape index (κ3) is 2.86. The summed E-state index contributed by atoms with van der Waals surface area (Å²) >= 11 is 0. The van der Waals surface area contributed by atoms with E-state index in [1.165, 1.54) is 29.6 Å². The lowest BCUT2D eigenvalue weighted by atomic mass is 10.3. The molecule has 2 rings (SSSR count). The Morgan fingerprint density at radius 3 is 2.80 bits per heavy atom. The standard InChI is InChI=1S/C12H17N3O4S/c1-19-11-8-9(2-3-10(11)13)20(17,18)15-6-4-12(16)14-5-7-15/h2-3,8H,4-7,13H2,1H3,(H,14,16). The van der Waals surface area contributed by atoms with Gasteiger partial charge in [-0.1, -0.05) is 0 Å². The molecule has 0 atom stereocenters. The average Bonchev–Trinajstić information content (AvgIpc) is 2.64. The van der Waals surface area contributed by atoms with Crippen LogP contribution >= 0.6 is 0 Å². The molecule has 0 bridgehead atoms. The van der Waals surface area contributed by atoms with Crippen molar-refractivity contribution in [2.24, 2.45) is 0 Å². The lowest BCUT2D eigenvalue weighted by Crippen LogP contribution is -2.34. The molecule has 0 radical (unpaired) electrons. The highest BCUT2D eigenvalue weighted by Crippen LogP contribution is 2.26. The molecule has 7 nitrogen and oxygen atoms in total. The second-order valence-corrected chi connectivity index (χ2v) is 6.35. The van der Waals surface area contributed by atoms with Crippen molar-refractivity contribution >= 4 is 21.6 Å². The van der Waals surface area contributed by atoms with E-state index in [9.17, 15) is 13.2 Å². The van der Waals surface area contributed by atoms with Crippen LogP contribution in [0.25, 0.3) is 0 Å². The van der Waals surface area contributed by atoms with Gasteiger partial charge in [-0.25, -0.2) is 8.42 Å². The molecule has 0 unspecified atom stereocenters. The molecule has 0 aliphatic carbocycles. The molecule has 1 aliphatic rings. The predicted molar refractivity (Wildman–Crippen MR) is 73.8 cm³/mol. The van der Waals surface area contributed by atoms with Crippen LogP contribution < -0.4 is 15.8 Å². The van der Waals surface area contributed by atoms with Gasteiger partial charge in [0.05, 0.1) is 17.7 Å². The lowest BCUT2D eigenvalue weighted by molar-refractivity contribution is -0.120. The monoisotopic (exact) mass is 299 g/mol.